The van der Waals surface area contributed by atoms with Crippen molar-refractivity contribution < 1.29 is 14.3 Å². The number of hydrogen-bond acceptors (Lipinski definition) is 7. The van der Waals surface area contributed by atoms with E-state index in [-0.39, 0.29) is 31.0 Å². The predicted octanol–water partition coefficient (Wildman–Crippen LogP) is 3.82. The molecule has 1 fully saturated rings. The molecule has 0 unspecified atom stereocenters. The van der Waals surface area contributed by atoms with Crippen molar-refractivity contribution in [2.75, 3.05) is 29.9 Å². The number of carbonyl (C=O) groups excluding carboxylic acids is 2. The fraction of sp³-hybridized carbons (Fsp3) is 0.462. The first-order valence-corrected chi connectivity index (χ1v) is 13.1. The molecule has 3 aromatic rings. The van der Waals surface area contributed by atoms with Crippen molar-refractivity contribution in [3.8, 4) is 0 Å². The van der Waals surface area contributed by atoms with Gasteiger partial charge in [-0.15, -0.1) is 11.3 Å². The summed E-state index contributed by atoms with van der Waals surface area (Å²) in [5, 5.41) is 3.51. The Balaban J connectivity index is 1.13. The number of nitrogens with zero attached hydrogens (tertiary/aromatic N) is 3. The molecule has 184 valence electrons. The zero-order chi connectivity index (χ0) is 24.4. The monoisotopic (exact) mass is 494 g/mol. The molecule has 1 aliphatic carbocycles. The highest BCUT2D eigenvalue weighted by molar-refractivity contribution is 7.18. The second-order valence-corrected chi connectivity index (χ2v) is 10.4. The van der Waals surface area contributed by atoms with Gasteiger partial charge >= 0.3 is 5.97 Å². The third-order valence-electron chi connectivity index (χ3n) is 6.82. The second-order valence-electron chi connectivity index (χ2n) is 9.29. The SMILES string of the molecule is Cc1cc(N2CCCC2)ccc1NC(=O)COC(=O)CCn1cnc2sc3c(c2c1=O)CCCC3. The van der Waals surface area contributed by atoms with E-state index >= 15 is 0 Å². The highest BCUT2D eigenvalue weighted by Gasteiger charge is 2.20. The average Bonchev–Trinajstić information content (AvgIpc) is 3.52. The fourth-order valence-electron chi connectivity index (χ4n) is 4.92. The smallest absolute Gasteiger partial charge is 0.308 e. The minimum atomic E-state index is -0.527. The number of nitrogens with one attached hydrogen (secondary N) is 1. The van der Waals surface area contributed by atoms with Crippen molar-refractivity contribution in [3.63, 3.8) is 0 Å². The van der Waals surface area contributed by atoms with Gasteiger partial charge in [0.05, 0.1) is 18.1 Å². The van der Waals surface area contributed by atoms with Crippen LogP contribution >= 0.6 is 11.3 Å². The van der Waals surface area contributed by atoms with E-state index < -0.39 is 5.97 Å². The first kappa shape index (κ1) is 23.5. The van der Waals surface area contributed by atoms with E-state index in [4.69, 9.17) is 4.74 Å². The number of benzene rings is 1. The second kappa shape index (κ2) is 10.2. The molecule has 3 heterocycles. The van der Waals surface area contributed by atoms with E-state index in [0.29, 0.717) is 11.1 Å². The van der Waals surface area contributed by atoms with Crippen LogP contribution in [0.4, 0.5) is 11.4 Å². The van der Waals surface area contributed by atoms with Gasteiger partial charge in [-0.1, -0.05) is 0 Å². The molecular formula is C26H30N4O4S. The lowest BCUT2D eigenvalue weighted by atomic mass is 9.97. The Morgan fingerprint density at radius 1 is 1.14 bits per heavy atom. The summed E-state index contributed by atoms with van der Waals surface area (Å²) in [6.07, 6.45) is 8.06. The van der Waals surface area contributed by atoms with Crippen LogP contribution in [0.25, 0.3) is 10.2 Å². The van der Waals surface area contributed by atoms with Crippen molar-refractivity contribution in [1.82, 2.24) is 9.55 Å². The number of rotatable bonds is 7. The summed E-state index contributed by atoms with van der Waals surface area (Å²) in [6.45, 7) is 3.88. The fourth-order valence-corrected chi connectivity index (χ4v) is 6.14. The van der Waals surface area contributed by atoms with E-state index in [1.54, 1.807) is 11.3 Å². The molecule has 0 radical (unpaired) electrons. The van der Waals surface area contributed by atoms with E-state index in [0.717, 1.165) is 60.4 Å². The molecular weight excluding hydrogens is 464 g/mol. The van der Waals surface area contributed by atoms with Gasteiger partial charge < -0.3 is 15.0 Å². The first-order chi connectivity index (χ1) is 17.0. The van der Waals surface area contributed by atoms with E-state index in [1.807, 2.05) is 19.1 Å². The molecule has 9 heteroatoms. The summed E-state index contributed by atoms with van der Waals surface area (Å²) in [4.78, 5) is 46.4. The van der Waals surface area contributed by atoms with Gasteiger partial charge in [0.15, 0.2) is 6.61 Å². The summed E-state index contributed by atoms with van der Waals surface area (Å²) in [5.41, 5.74) is 3.86. The lowest BCUT2D eigenvalue weighted by Gasteiger charge is -2.19. The quantitative estimate of drug-likeness (QED) is 0.502. The Labute approximate surface area is 207 Å². The largest absolute Gasteiger partial charge is 0.456 e. The van der Waals surface area contributed by atoms with Gasteiger partial charge in [-0.2, -0.15) is 0 Å². The van der Waals surface area contributed by atoms with Gasteiger partial charge in [0.2, 0.25) is 0 Å². The molecule has 1 saturated heterocycles. The van der Waals surface area contributed by atoms with Crippen LogP contribution in [0.15, 0.2) is 29.3 Å². The van der Waals surface area contributed by atoms with Gasteiger partial charge in [0.1, 0.15) is 4.83 Å². The number of hydrogen-bond donors (Lipinski definition) is 1. The Bertz CT molecular complexity index is 1320. The van der Waals surface area contributed by atoms with Gasteiger partial charge in [0.25, 0.3) is 11.5 Å². The summed E-state index contributed by atoms with van der Waals surface area (Å²) in [5.74, 6) is -0.916. The van der Waals surface area contributed by atoms with Gasteiger partial charge in [-0.05, 0) is 74.8 Å². The Hall–Kier alpha value is -3.20. The highest BCUT2D eigenvalue weighted by Crippen LogP contribution is 2.33. The standard InChI is InChI=1S/C26H30N4O4S/c1-17-14-18(29-11-4-5-12-29)8-9-20(17)28-22(31)15-34-23(32)10-13-30-16-27-25-24(26(30)33)19-6-2-3-7-21(19)35-25/h8-9,14,16H,2-7,10-13,15H2,1H3,(H,28,31). The minimum Gasteiger partial charge on any atom is -0.456 e. The van der Waals surface area contributed by atoms with Crippen LogP contribution in [0, 0.1) is 6.92 Å². The van der Waals surface area contributed by atoms with Gasteiger partial charge in [-0.3, -0.25) is 19.0 Å². The summed E-state index contributed by atoms with van der Waals surface area (Å²) in [7, 11) is 0. The number of thiophene rings is 1. The lowest BCUT2D eigenvalue weighted by molar-refractivity contribution is -0.147. The number of fused-ring (bicyclic) bond motifs is 3. The number of carbonyl (C=O) groups is 2. The maximum Gasteiger partial charge on any atom is 0.308 e. The van der Waals surface area contributed by atoms with Crippen LogP contribution in [-0.2, 0) is 33.7 Å². The molecule has 35 heavy (non-hydrogen) atoms. The van der Waals surface area contributed by atoms with E-state index in [1.165, 1.54) is 28.6 Å². The van der Waals surface area contributed by atoms with Crippen molar-refractivity contribution >= 4 is 44.8 Å². The number of ether oxygens (including phenoxy) is 1. The molecule has 0 saturated carbocycles. The van der Waals surface area contributed by atoms with Crippen molar-refractivity contribution in [3.05, 3.63) is 50.9 Å². The van der Waals surface area contributed by atoms with Gasteiger partial charge in [-0.25, -0.2) is 4.98 Å². The Morgan fingerprint density at radius 2 is 1.94 bits per heavy atom. The van der Waals surface area contributed by atoms with E-state index in [2.05, 4.69) is 21.3 Å². The number of aryl methyl sites for hydroxylation is 4. The summed E-state index contributed by atoms with van der Waals surface area (Å²) in [6, 6.07) is 5.97. The third kappa shape index (κ3) is 5.10. The topological polar surface area (TPSA) is 93.5 Å². The predicted molar refractivity (Wildman–Crippen MR) is 137 cm³/mol. The van der Waals surface area contributed by atoms with Crippen LogP contribution in [0.1, 0.15) is 48.1 Å². The minimum absolute atomic E-state index is 0.00371. The molecule has 1 aliphatic heterocycles. The Morgan fingerprint density at radius 3 is 2.74 bits per heavy atom. The summed E-state index contributed by atoms with van der Waals surface area (Å²) < 4.78 is 6.62. The average molecular weight is 495 g/mol. The first-order valence-electron chi connectivity index (χ1n) is 12.3. The van der Waals surface area contributed by atoms with Crippen LogP contribution in [0.3, 0.4) is 0 Å². The van der Waals surface area contributed by atoms with Crippen LogP contribution < -0.4 is 15.8 Å². The van der Waals surface area contributed by atoms with E-state index in [9.17, 15) is 14.4 Å². The molecule has 1 aromatic carbocycles. The molecule has 2 aliphatic rings. The summed E-state index contributed by atoms with van der Waals surface area (Å²) >= 11 is 1.60. The number of aromatic nitrogens is 2. The third-order valence-corrected chi connectivity index (χ3v) is 8.02. The van der Waals surface area contributed by atoms with Crippen LogP contribution in [0.5, 0.6) is 0 Å². The highest BCUT2D eigenvalue weighted by atomic mass is 32.1. The number of esters is 1. The maximum absolute atomic E-state index is 13.0. The molecule has 1 N–H and O–H groups in total. The molecule has 2 aromatic heterocycles. The molecule has 0 bridgehead atoms. The zero-order valence-electron chi connectivity index (χ0n) is 20.0. The van der Waals surface area contributed by atoms with Crippen LogP contribution in [0.2, 0.25) is 0 Å². The normalized spacial score (nSPS) is 15.3. The molecule has 1 amide bonds. The van der Waals surface area contributed by atoms with Crippen molar-refractivity contribution in [1.29, 1.82) is 0 Å². The molecule has 0 atom stereocenters. The lowest BCUT2D eigenvalue weighted by Crippen LogP contribution is -2.25. The molecule has 5 rings (SSSR count). The Kier molecular flexibility index (Phi) is 6.86. The van der Waals surface area contributed by atoms with Crippen LogP contribution in [-0.4, -0.2) is 41.1 Å². The van der Waals surface area contributed by atoms with Crippen molar-refractivity contribution in [2.24, 2.45) is 0 Å². The van der Waals surface area contributed by atoms with Gasteiger partial charge in [0, 0.05) is 35.9 Å². The number of amides is 1. The molecule has 8 nitrogen and oxygen atoms in total. The van der Waals surface area contributed by atoms with Crippen molar-refractivity contribution in [2.45, 2.75) is 58.4 Å². The zero-order valence-corrected chi connectivity index (χ0v) is 20.8. The maximum atomic E-state index is 13.0. The number of anilines is 2. The molecule has 0 spiro atoms.